The molecule has 1 aliphatic rings. The molecule has 200 valence electrons. The van der Waals surface area contributed by atoms with E-state index in [1.165, 1.54) is 0 Å². The number of nitrogens with one attached hydrogen (secondary N) is 2. The second-order valence-corrected chi connectivity index (χ2v) is 9.88. The topological polar surface area (TPSA) is 91.7 Å². The van der Waals surface area contributed by atoms with Crippen molar-refractivity contribution in [3.05, 3.63) is 102 Å². The quantitative estimate of drug-likeness (QED) is 0.264. The van der Waals surface area contributed by atoms with Crippen LogP contribution in [0.15, 0.2) is 79.0 Å². The lowest BCUT2D eigenvalue weighted by atomic mass is 9.96. The molecule has 5 rings (SSSR count). The van der Waals surface area contributed by atoms with E-state index in [1.54, 1.807) is 25.4 Å². The van der Waals surface area contributed by atoms with Crippen LogP contribution in [0.2, 0.25) is 0 Å². The second-order valence-electron chi connectivity index (χ2n) is 9.50. The highest BCUT2D eigenvalue weighted by Crippen LogP contribution is 2.41. The first-order valence-electron chi connectivity index (χ1n) is 12.8. The molecule has 39 heavy (non-hydrogen) atoms. The van der Waals surface area contributed by atoms with E-state index in [4.69, 9.17) is 17.0 Å². The molecule has 8 nitrogen and oxygen atoms in total. The fraction of sp³-hybridized carbons (Fsp3) is 0.233. The van der Waals surface area contributed by atoms with Gasteiger partial charge in [-0.2, -0.15) is 0 Å². The Kier molecular flexibility index (Phi) is 7.51. The average Bonchev–Trinajstić information content (AvgIpc) is 3.43. The summed E-state index contributed by atoms with van der Waals surface area (Å²) in [6.07, 6.45) is 2.02. The first-order chi connectivity index (χ1) is 18.9. The number of aromatic hydroxyl groups is 1. The molecular weight excluding hydrogens is 510 g/mol. The number of rotatable bonds is 8. The third kappa shape index (κ3) is 5.31. The van der Waals surface area contributed by atoms with Gasteiger partial charge in [-0.1, -0.05) is 18.2 Å². The smallest absolute Gasteiger partial charge is 0.226 e. The molecule has 2 aromatic carbocycles. The summed E-state index contributed by atoms with van der Waals surface area (Å²) in [5, 5.41) is 16.8. The van der Waals surface area contributed by atoms with E-state index in [-0.39, 0.29) is 30.2 Å². The summed E-state index contributed by atoms with van der Waals surface area (Å²) in [4.78, 5) is 19.7. The summed E-state index contributed by atoms with van der Waals surface area (Å²) in [5.41, 5.74) is 5.67. The molecule has 0 aliphatic carbocycles. The molecule has 1 aliphatic heterocycles. The SMILES string of the molecule is COc1ccccc1NC(=O)CCN1C(=S)N[C@@H](c2ccccn2)[C@@H]1c1cc(C)n(-c2ccc(O)cc2)c1C. The zero-order chi connectivity index (χ0) is 27.5. The van der Waals surface area contributed by atoms with Gasteiger partial charge in [0.15, 0.2) is 5.11 Å². The molecule has 0 radical (unpaired) electrons. The Labute approximate surface area is 233 Å². The number of carbonyl (C=O) groups is 1. The van der Waals surface area contributed by atoms with Crippen molar-refractivity contribution in [3.8, 4) is 17.2 Å². The van der Waals surface area contributed by atoms with Gasteiger partial charge in [-0.05, 0) is 86.2 Å². The minimum absolute atomic E-state index is 0.128. The minimum Gasteiger partial charge on any atom is -0.508 e. The Morgan fingerprint density at radius 1 is 1.10 bits per heavy atom. The van der Waals surface area contributed by atoms with Gasteiger partial charge in [0.25, 0.3) is 0 Å². The van der Waals surface area contributed by atoms with Crippen LogP contribution in [0.5, 0.6) is 11.5 Å². The maximum absolute atomic E-state index is 13.0. The van der Waals surface area contributed by atoms with Gasteiger partial charge in [-0.3, -0.25) is 9.78 Å². The number of carbonyl (C=O) groups excluding carboxylic acids is 1. The molecule has 1 saturated heterocycles. The summed E-state index contributed by atoms with van der Waals surface area (Å²) in [6.45, 7) is 4.56. The third-order valence-electron chi connectivity index (χ3n) is 7.06. The van der Waals surface area contributed by atoms with Crippen LogP contribution in [0.4, 0.5) is 5.69 Å². The number of anilines is 1. The maximum atomic E-state index is 13.0. The van der Waals surface area contributed by atoms with Crippen molar-refractivity contribution in [1.82, 2.24) is 19.8 Å². The van der Waals surface area contributed by atoms with Crippen LogP contribution in [-0.2, 0) is 4.79 Å². The lowest BCUT2D eigenvalue weighted by molar-refractivity contribution is -0.116. The maximum Gasteiger partial charge on any atom is 0.226 e. The van der Waals surface area contributed by atoms with Crippen LogP contribution in [0.1, 0.15) is 41.1 Å². The van der Waals surface area contributed by atoms with Crippen molar-refractivity contribution in [2.24, 2.45) is 0 Å². The largest absolute Gasteiger partial charge is 0.508 e. The van der Waals surface area contributed by atoms with E-state index in [1.807, 2.05) is 54.6 Å². The number of para-hydroxylation sites is 2. The molecule has 0 saturated carbocycles. The van der Waals surface area contributed by atoms with Crippen molar-refractivity contribution in [2.45, 2.75) is 32.4 Å². The Morgan fingerprint density at radius 2 is 1.85 bits per heavy atom. The number of phenolic OH excluding ortho intramolecular Hbond substituents is 1. The molecule has 1 amide bonds. The van der Waals surface area contributed by atoms with Crippen LogP contribution in [0.3, 0.4) is 0 Å². The van der Waals surface area contributed by atoms with E-state index >= 15 is 0 Å². The number of aryl methyl sites for hydroxylation is 1. The molecule has 3 heterocycles. The first kappa shape index (κ1) is 26.2. The average molecular weight is 542 g/mol. The molecule has 9 heteroatoms. The Morgan fingerprint density at radius 3 is 2.56 bits per heavy atom. The lowest BCUT2D eigenvalue weighted by Gasteiger charge is -2.28. The zero-order valence-corrected chi connectivity index (χ0v) is 22.9. The highest BCUT2D eigenvalue weighted by atomic mass is 32.1. The number of methoxy groups -OCH3 is 1. The van der Waals surface area contributed by atoms with E-state index in [2.05, 4.69) is 45.0 Å². The number of ether oxygens (including phenoxy) is 1. The fourth-order valence-corrected chi connectivity index (χ4v) is 5.59. The molecule has 1 fully saturated rings. The normalized spacial score (nSPS) is 16.7. The highest BCUT2D eigenvalue weighted by Gasteiger charge is 2.41. The van der Waals surface area contributed by atoms with Crippen molar-refractivity contribution in [3.63, 3.8) is 0 Å². The molecule has 2 aromatic heterocycles. The van der Waals surface area contributed by atoms with Gasteiger partial charge < -0.3 is 29.9 Å². The number of aromatic nitrogens is 2. The van der Waals surface area contributed by atoms with Gasteiger partial charge >= 0.3 is 0 Å². The molecule has 0 bridgehead atoms. The van der Waals surface area contributed by atoms with Gasteiger partial charge in [0, 0.05) is 36.2 Å². The second kappa shape index (κ2) is 11.2. The minimum atomic E-state index is -0.190. The molecule has 0 spiro atoms. The lowest BCUT2D eigenvalue weighted by Crippen LogP contribution is -2.33. The predicted octanol–water partition coefficient (Wildman–Crippen LogP) is 5.20. The number of thiocarbonyl (C=S) groups is 1. The molecule has 2 atom stereocenters. The number of hydrogen-bond acceptors (Lipinski definition) is 5. The Hall–Kier alpha value is -4.37. The van der Waals surface area contributed by atoms with Crippen molar-refractivity contribution >= 4 is 28.9 Å². The van der Waals surface area contributed by atoms with E-state index in [0.29, 0.717) is 23.1 Å². The molecule has 0 unspecified atom stereocenters. The highest BCUT2D eigenvalue weighted by molar-refractivity contribution is 7.80. The standard InChI is InChI=1S/C30H31N5O3S/c1-19-18-23(20(2)35(19)21-11-13-22(36)14-12-21)29-28(25-9-6-7-16-31-25)33-30(39)34(29)17-15-27(37)32-24-8-4-5-10-26(24)38-3/h4-14,16,18,28-29,36H,15,17H2,1-3H3,(H,32,37)(H,33,39)/t28-,29-/m0/s1. The number of hydrogen-bond donors (Lipinski definition) is 3. The predicted molar refractivity (Wildman–Crippen MR) is 155 cm³/mol. The van der Waals surface area contributed by atoms with E-state index in [9.17, 15) is 9.90 Å². The summed E-state index contributed by atoms with van der Waals surface area (Å²) >= 11 is 5.81. The first-order valence-corrected chi connectivity index (χ1v) is 13.2. The number of pyridine rings is 1. The van der Waals surface area contributed by atoms with Crippen molar-refractivity contribution < 1.29 is 14.6 Å². The van der Waals surface area contributed by atoms with Crippen molar-refractivity contribution in [1.29, 1.82) is 0 Å². The van der Waals surface area contributed by atoms with Gasteiger partial charge in [-0.25, -0.2) is 0 Å². The third-order valence-corrected chi connectivity index (χ3v) is 7.41. The number of nitrogens with zero attached hydrogens (tertiary/aromatic N) is 3. The fourth-order valence-electron chi connectivity index (χ4n) is 5.25. The number of amides is 1. The monoisotopic (exact) mass is 541 g/mol. The van der Waals surface area contributed by atoms with Crippen LogP contribution in [0, 0.1) is 13.8 Å². The van der Waals surface area contributed by atoms with E-state index in [0.717, 1.165) is 28.3 Å². The number of benzene rings is 2. The van der Waals surface area contributed by atoms with Gasteiger partial charge in [0.05, 0.1) is 30.6 Å². The van der Waals surface area contributed by atoms with Crippen LogP contribution >= 0.6 is 12.2 Å². The van der Waals surface area contributed by atoms with Gasteiger partial charge in [-0.15, -0.1) is 0 Å². The number of phenols is 1. The summed E-state index contributed by atoms with van der Waals surface area (Å²) in [5.74, 6) is 0.704. The molecular formula is C30H31N5O3S. The van der Waals surface area contributed by atoms with Crippen LogP contribution in [-0.4, -0.2) is 44.2 Å². The van der Waals surface area contributed by atoms with Gasteiger partial charge in [0.1, 0.15) is 11.5 Å². The summed E-state index contributed by atoms with van der Waals surface area (Å²) in [6, 6.07) is 22.2. The Balaban J connectivity index is 1.46. The van der Waals surface area contributed by atoms with Crippen molar-refractivity contribution in [2.75, 3.05) is 19.0 Å². The van der Waals surface area contributed by atoms with Crippen LogP contribution in [0.25, 0.3) is 5.69 Å². The Bertz CT molecular complexity index is 1490. The van der Waals surface area contributed by atoms with Gasteiger partial charge in [0.2, 0.25) is 5.91 Å². The molecule has 4 aromatic rings. The zero-order valence-electron chi connectivity index (χ0n) is 22.1. The summed E-state index contributed by atoms with van der Waals surface area (Å²) < 4.78 is 7.53. The van der Waals surface area contributed by atoms with Crippen LogP contribution < -0.4 is 15.4 Å². The molecule has 3 N–H and O–H groups in total. The van der Waals surface area contributed by atoms with E-state index < -0.39 is 0 Å². The summed E-state index contributed by atoms with van der Waals surface area (Å²) in [7, 11) is 1.58.